The van der Waals surface area contributed by atoms with Gasteiger partial charge in [0, 0.05) is 0 Å². The number of rotatable bonds is 5. The summed E-state index contributed by atoms with van der Waals surface area (Å²) in [6.45, 7) is 0. The minimum Gasteiger partial charge on any atom is -0.545 e. The van der Waals surface area contributed by atoms with Gasteiger partial charge in [-0.3, -0.25) is 9.59 Å². The molecule has 1 heterocycles. The molecule has 0 spiro atoms. The highest BCUT2D eigenvalue weighted by Gasteiger charge is 2.37. The maximum Gasteiger partial charge on any atom is 0.266 e. The average Bonchev–Trinajstić information content (AvgIpc) is 2.98. The summed E-state index contributed by atoms with van der Waals surface area (Å²) in [7, 11) is 1.52. The van der Waals surface area contributed by atoms with E-state index in [0.717, 1.165) is 4.90 Å². The lowest BCUT2D eigenvalue weighted by molar-refractivity contribution is -0.255. The first-order valence-electron chi connectivity index (χ1n) is 8.64. The van der Waals surface area contributed by atoms with E-state index < -0.39 is 17.8 Å². The number of carboxylic acids is 1. The molecule has 0 saturated heterocycles. The summed E-state index contributed by atoms with van der Waals surface area (Å²) >= 11 is 0. The fourth-order valence-corrected chi connectivity index (χ4v) is 3.12. The lowest BCUT2D eigenvalue weighted by atomic mass is 10.1. The number of fused-ring (bicyclic) bond motifs is 1. The second-order valence-corrected chi connectivity index (χ2v) is 6.24. The van der Waals surface area contributed by atoms with Crippen molar-refractivity contribution in [2.24, 2.45) is 0 Å². The lowest BCUT2D eigenvalue weighted by Crippen LogP contribution is -2.30. The van der Waals surface area contributed by atoms with Crippen LogP contribution in [-0.2, 0) is 0 Å². The smallest absolute Gasteiger partial charge is 0.266 e. The minimum absolute atomic E-state index is 0.126. The van der Waals surface area contributed by atoms with Gasteiger partial charge >= 0.3 is 0 Å². The van der Waals surface area contributed by atoms with Gasteiger partial charge < -0.3 is 19.4 Å². The minimum atomic E-state index is -1.39. The predicted octanol–water partition coefficient (Wildman–Crippen LogP) is 2.65. The molecule has 0 unspecified atom stereocenters. The van der Waals surface area contributed by atoms with Gasteiger partial charge in [0.05, 0.1) is 29.9 Å². The molecule has 0 fully saturated rings. The van der Waals surface area contributed by atoms with Crippen molar-refractivity contribution in [3.8, 4) is 17.2 Å². The molecule has 144 valence electrons. The summed E-state index contributed by atoms with van der Waals surface area (Å²) in [6, 6.07) is 17.1. The van der Waals surface area contributed by atoms with E-state index in [1.54, 1.807) is 30.3 Å². The van der Waals surface area contributed by atoms with E-state index in [9.17, 15) is 19.5 Å². The van der Waals surface area contributed by atoms with Crippen LogP contribution < -0.4 is 19.5 Å². The average molecular weight is 388 g/mol. The van der Waals surface area contributed by atoms with E-state index >= 15 is 0 Å². The Hall–Kier alpha value is -4.13. The molecule has 0 bridgehead atoms. The molecule has 7 nitrogen and oxygen atoms in total. The molecule has 0 radical (unpaired) electrons. The molecule has 0 N–H and O–H groups in total. The SMILES string of the molecule is COc1ccccc1Oc1ccc2c(c1)C(=O)N(c1cccc(C(=O)[O-])c1)C2=O. The normalized spacial score (nSPS) is 12.7. The zero-order chi connectivity index (χ0) is 20.5. The first kappa shape index (κ1) is 18.2. The van der Waals surface area contributed by atoms with Crippen molar-refractivity contribution < 1.29 is 29.0 Å². The van der Waals surface area contributed by atoms with E-state index in [-0.39, 0.29) is 22.4 Å². The number of hydrogen-bond donors (Lipinski definition) is 0. The predicted molar refractivity (Wildman–Crippen MR) is 101 cm³/mol. The third-order valence-electron chi connectivity index (χ3n) is 4.49. The third-order valence-corrected chi connectivity index (χ3v) is 4.49. The monoisotopic (exact) mass is 388 g/mol. The summed E-state index contributed by atoms with van der Waals surface area (Å²) in [5, 5.41) is 11.1. The molecular formula is C22H14NO6-. The van der Waals surface area contributed by atoms with Crippen molar-refractivity contribution in [3.05, 3.63) is 83.4 Å². The molecule has 2 amide bonds. The van der Waals surface area contributed by atoms with E-state index in [1.807, 2.05) is 0 Å². The lowest BCUT2D eigenvalue weighted by Gasteiger charge is -2.15. The molecule has 0 aromatic heterocycles. The van der Waals surface area contributed by atoms with Crippen LogP contribution in [0.2, 0.25) is 0 Å². The van der Waals surface area contributed by atoms with E-state index in [2.05, 4.69) is 0 Å². The van der Waals surface area contributed by atoms with Gasteiger partial charge in [0.15, 0.2) is 11.5 Å². The van der Waals surface area contributed by atoms with Crippen molar-refractivity contribution in [2.45, 2.75) is 0 Å². The van der Waals surface area contributed by atoms with Gasteiger partial charge in [0.1, 0.15) is 5.75 Å². The van der Waals surface area contributed by atoms with Crippen molar-refractivity contribution in [2.75, 3.05) is 12.0 Å². The summed E-state index contributed by atoms with van der Waals surface area (Å²) < 4.78 is 11.1. The van der Waals surface area contributed by atoms with Crippen LogP contribution in [-0.4, -0.2) is 24.9 Å². The van der Waals surface area contributed by atoms with Crippen LogP contribution in [0, 0.1) is 0 Å². The third kappa shape index (κ3) is 3.19. The molecule has 29 heavy (non-hydrogen) atoms. The van der Waals surface area contributed by atoms with E-state index in [0.29, 0.717) is 17.2 Å². The van der Waals surface area contributed by atoms with Crippen molar-refractivity contribution in [1.82, 2.24) is 0 Å². The number of carbonyl (C=O) groups is 3. The van der Waals surface area contributed by atoms with Crippen LogP contribution in [0.1, 0.15) is 31.1 Å². The number of ether oxygens (including phenoxy) is 2. The van der Waals surface area contributed by atoms with Crippen LogP contribution in [0.3, 0.4) is 0 Å². The Morgan fingerprint density at radius 1 is 0.862 bits per heavy atom. The molecule has 0 atom stereocenters. The van der Waals surface area contributed by atoms with Crippen LogP contribution in [0.5, 0.6) is 17.2 Å². The Kier molecular flexibility index (Phi) is 4.48. The van der Waals surface area contributed by atoms with Gasteiger partial charge in [-0.15, -0.1) is 0 Å². The molecule has 1 aliphatic heterocycles. The number of nitrogens with zero attached hydrogens (tertiary/aromatic N) is 1. The summed E-state index contributed by atoms with van der Waals surface area (Å²) in [5.41, 5.74) is 0.409. The number of imide groups is 1. The van der Waals surface area contributed by atoms with Gasteiger partial charge in [0.2, 0.25) is 0 Å². The van der Waals surface area contributed by atoms with Gasteiger partial charge in [-0.1, -0.05) is 24.3 Å². The highest BCUT2D eigenvalue weighted by atomic mass is 16.5. The number of para-hydroxylation sites is 2. The molecule has 3 aromatic carbocycles. The van der Waals surface area contributed by atoms with E-state index in [4.69, 9.17) is 9.47 Å². The van der Waals surface area contributed by atoms with Crippen LogP contribution in [0.15, 0.2) is 66.7 Å². The van der Waals surface area contributed by atoms with Gasteiger partial charge in [0.25, 0.3) is 11.8 Å². The summed E-state index contributed by atoms with van der Waals surface area (Å²) in [4.78, 5) is 37.6. The zero-order valence-electron chi connectivity index (χ0n) is 15.2. The number of aromatic carboxylic acids is 1. The van der Waals surface area contributed by atoms with Gasteiger partial charge in [-0.05, 0) is 48.0 Å². The molecular weight excluding hydrogens is 374 g/mol. The molecule has 3 aromatic rings. The highest BCUT2D eigenvalue weighted by Crippen LogP contribution is 2.35. The second kappa shape index (κ2) is 7.12. The number of anilines is 1. The number of benzene rings is 3. The maximum atomic E-state index is 12.9. The van der Waals surface area contributed by atoms with Crippen molar-refractivity contribution >= 4 is 23.5 Å². The highest BCUT2D eigenvalue weighted by molar-refractivity contribution is 6.34. The fourth-order valence-electron chi connectivity index (χ4n) is 3.12. The topological polar surface area (TPSA) is 96.0 Å². The fraction of sp³-hybridized carbons (Fsp3) is 0.0455. The Labute approximate surface area is 165 Å². The van der Waals surface area contributed by atoms with Gasteiger partial charge in [-0.25, -0.2) is 4.90 Å². The first-order valence-corrected chi connectivity index (χ1v) is 8.64. The number of hydrogen-bond acceptors (Lipinski definition) is 6. The second-order valence-electron chi connectivity index (χ2n) is 6.24. The van der Waals surface area contributed by atoms with Crippen molar-refractivity contribution in [1.29, 1.82) is 0 Å². The van der Waals surface area contributed by atoms with Crippen LogP contribution >= 0.6 is 0 Å². The number of carboxylic acid groups (broad SMARTS) is 1. The van der Waals surface area contributed by atoms with Crippen molar-refractivity contribution in [3.63, 3.8) is 0 Å². The summed E-state index contributed by atoms with van der Waals surface area (Å²) in [5.74, 6) is -1.15. The summed E-state index contributed by atoms with van der Waals surface area (Å²) in [6.07, 6.45) is 0. The molecule has 7 heteroatoms. The number of amides is 2. The standard InChI is InChI=1S/C22H15NO6/c1-28-18-7-2-3-8-19(18)29-15-9-10-16-17(12-15)21(25)23(20(16)24)14-6-4-5-13(11-14)22(26)27/h2-12H,1H3,(H,26,27)/p-1. The Morgan fingerprint density at radius 2 is 1.59 bits per heavy atom. The quantitative estimate of drug-likeness (QED) is 0.624. The maximum absolute atomic E-state index is 12.9. The first-order chi connectivity index (χ1) is 14.0. The molecule has 4 rings (SSSR count). The van der Waals surface area contributed by atoms with Crippen LogP contribution in [0.4, 0.5) is 5.69 Å². The van der Waals surface area contributed by atoms with E-state index in [1.165, 1.54) is 43.5 Å². The van der Waals surface area contributed by atoms with Crippen LogP contribution in [0.25, 0.3) is 0 Å². The molecule has 1 aliphatic rings. The largest absolute Gasteiger partial charge is 0.545 e. The Morgan fingerprint density at radius 3 is 2.31 bits per heavy atom. The molecule has 0 saturated carbocycles. The number of methoxy groups -OCH3 is 1. The Bertz CT molecular complexity index is 1150. The Balaban J connectivity index is 1.68. The number of carbonyl (C=O) groups excluding carboxylic acids is 3. The molecule has 0 aliphatic carbocycles. The zero-order valence-corrected chi connectivity index (χ0v) is 15.2. The van der Waals surface area contributed by atoms with Gasteiger partial charge in [-0.2, -0.15) is 0 Å².